The molecule has 1 heterocycles. The monoisotopic (exact) mass is 449 g/mol. The average Bonchev–Trinajstić information content (AvgIpc) is 2.82. The van der Waals surface area contributed by atoms with Gasteiger partial charge in [-0.05, 0) is 30.3 Å². The van der Waals surface area contributed by atoms with Crippen molar-refractivity contribution in [2.75, 3.05) is 32.2 Å². The van der Waals surface area contributed by atoms with Crippen molar-refractivity contribution in [3.8, 4) is 17.2 Å². The molecule has 9 nitrogen and oxygen atoms in total. The van der Waals surface area contributed by atoms with Gasteiger partial charge in [-0.2, -0.15) is 0 Å². The van der Waals surface area contributed by atoms with Crippen molar-refractivity contribution in [2.24, 2.45) is 0 Å². The summed E-state index contributed by atoms with van der Waals surface area (Å²) < 4.78 is 15.6. The van der Waals surface area contributed by atoms with Gasteiger partial charge in [-0.3, -0.25) is 9.59 Å². The maximum absolute atomic E-state index is 11.7. The largest absolute Gasteiger partial charge is 0.508 e. The molecule has 0 fully saturated rings. The number of nitrogens with one attached hydrogen (secondary N) is 1. The van der Waals surface area contributed by atoms with E-state index in [1.807, 2.05) is 11.0 Å². The molecule has 0 saturated heterocycles. The standard InChI is InChI=1S/C24H23N3O6/c1-31-22(29)7-9-27(10-8-23(30)32-2)14-3-6-19-20(11-14)33-21-13-18(25)16-5-4-15(28)12-17(16)24(21)26-19/h3-6,11-13,25,28H,7-10H2,1-2H3. The van der Waals surface area contributed by atoms with Gasteiger partial charge in [-0.15, -0.1) is 0 Å². The minimum absolute atomic E-state index is 0.0819. The number of fused-ring (bicyclic) bond motifs is 4. The topological polar surface area (TPSA) is 126 Å². The molecular weight excluding hydrogens is 426 g/mol. The third-order valence-corrected chi connectivity index (χ3v) is 5.45. The normalized spacial score (nSPS) is 11.1. The van der Waals surface area contributed by atoms with Crippen LogP contribution in [0, 0.1) is 5.41 Å². The van der Waals surface area contributed by atoms with Crippen LogP contribution in [0.1, 0.15) is 12.8 Å². The number of benzene rings is 3. The van der Waals surface area contributed by atoms with Crippen molar-refractivity contribution in [1.29, 1.82) is 5.41 Å². The molecule has 2 N–H and O–H groups in total. The average molecular weight is 449 g/mol. The van der Waals surface area contributed by atoms with Gasteiger partial charge in [-0.25, -0.2) is 4.98 Å². The highest BCUT2D eigenvalue weighted by Crippen LogP contribution is 2.33. The van der Waals surface area contributed by atoms with E-state index in [9.17, 15) is 14.7 Å². The van der Waals surface area contributed by atoms with Crippen molar-refractivity contribution in [3.63, 3.8) is 0 Å². The lowest BCUT2D eigenvalue weighted by molar-refractivity contribution is -0.140. The highest BCUT2D eigenvalue weighted by Gasteiger charge is 2.17. The van der Waals surface area contributed by atoms with Gasteiger partial charge >= 0.3 is 11.9 Å². The first kappa shape index (κ1) is 22.1. The summed E-state index contributed by atoms with van der Waals surface area (Å²) in [7, 11) is 2.66. The SMILES string of the molecule is COC(=O)CCN(CCC(=O)OC)c1ccc2nc3c4cc(O)ccc4c(=N)cc-3oc2c1. The second kappa shape index (κ2) is 9.15. The summed E-state index contributed by atoms with van der Waals surface area (Å²) >= 11 is 0. The summed E-state index contributed by atoms with van der Waals surface area (Å²) in [5.41, 5.74) is 2.37. The van der Waals surface area contributed by atoms with Gasteiger partial charge in [0.2, 0.25) is 0 Å². The van der Waals surface area contributed by atoms with Gasteiger partial charge in [0.25, 0.3) is 0 Å². The number of rotatable bonds is 7. The van der Waals surface area contributed by atoms with Crippen molar-refractivity contribution in [1.82, 2.24) is 4.98 Å². The molecule has 1 aliphatic heterocycles. The molecule has 0 saturated carbocycles. The Labute approximate surface area is 189 Å². The Hall–Kier alpha value is -4.14. The van der Waals surface area contributed by atoms with Crippen LogP contribution in [0.3, 0.4) is 0 Å². The molecular formula is C24H23N3O6. The molecule has 0 spiro atoms. The second-order valence-corrected chi connectivity index (χ2v) is 7.51. The van der Waals surface area contributed by atoms with Crippen LogP contribution < -0.4 is 10.3 Å². The maximum Gasteiger partial charge on any atom is 0.307 e. The maximum atomic E-state index is 11.7. The van der Waals surface area contributed by atoms with Crippen LogP contribution >= 0.6 is 0 Å². The van der Waals surface area contributed by atoms with E-state index in [0.717, 1.165) is 5.69 Å². The Balaban J connectivity index is 1.77. The van der Waals surface area contributed by atoms with Gasteiger partial charge in [0.15, 0.2) is 11.3 Å². The van der Waals surface area contributed by atoms with Crippen molar-refractivity contribution >= 4 is 39.5 Å². The first-order valence-electron chi connectivity index (χ1n) is 10.3. The molecule has 0 radical (unpaired) electrons. The number of phenols is 1. The van der Waals surface area contributed by atoms with E-state index in [-0.39, 0.29) is 35.9 Å². The molecule has 2 aromatic carbocycles. The number of aromatic hydroxyl groups is 1. The van der Waals surface area contributed by atoms with E-state index in [0.29, 0.717) is 46.4 Å². The smallest absolute Gasteiger partial charge is 0.307 e. The van der Waals surface area contributed by atoms with Gasteiger partial charge in [0, 0.05) is 41.7 Å². The zero-order valence-electron chi connectivity index (χ0n) is 18.3. The fourth-order valence-electron chi connectivity index (χ4n) is 3.71. The van der Waals surface area contributed by atoms with Crippen LogP contribution in [0.5, 0.6) is 5.75 Å². The molecule has 0 aromatic heterocycles. The van der Waals surface area contributed by atoms with Crippen LogP contribution in [-0.4, -0.2) is 49.3 Å². The number of anilines is 1. The molecule has 170 valence electrons. The highest BCUT2D eigenvalue weighted by atomic mass is 16.5. The molecule has 33 heavy (non-hydrogen) atoms. The van der Waals surface area contributed by atoms with Crippen LogP contribution in [0.2, 0.25) is 0 Å². The number of nitrogens with zero attached hydrogens (tertiary/aromatic N) is 2. The molecule has 9 heteroatoms. The van der Waals surface area contributed by atoms with Crippen LogP contribution in [0.15, 0.2) is 46.9 Å². The molecule has 0 bridgehead atoms. The Morgan fingerprint density at radius 2 is 1.70 bits per heavy atom. The Kier molecular flexibility index (Phi) is 6.12. The fourth-order valence-corrected chi connectivity index (χ4v) is 3.71. The van der Waals surface area contributed by atoms with Crippen LogP contribution in [0.25, 0.3) is 33.3 Å². The van der Waals surface area contributed by atoms with E-state index in [2.05, 4.69) is 0 Å². The molecule has 0 amide bonds. The van der Waals surface area contributed by atoms with Gasteiger partial charge in [0.05, 0.1) is 32.4 Å². The quantitative estimate of drug-likeness (QED) is 0.250. The van der Waals surface area contributed by atoms with E-state index >= 15 is 0 Å². The molecule has 4 rings (SSSR count). The van der Waals surface area contributed by atoms with E-state index in [1.165, 1.54) is 20.3 Å². The lowest BCUT2D eigenvalue weighted by atomic mass is 10.0. The first-order chi connectivity index (χ1) is 15.9. The molecule has 2 aliphatic rings. The number of esters is 2. The second-order valence-electron chi connectivity index (χ2n) is 7.51. The number of ether oxygens (including phenoxy) is 2. The number of aromatic nitrogens is 1. The Morgan fingerprint density at radius 1 is 1.00 bits per heavy atom. The molecule has 1 aliphatic carbocycles. The van der Waals surface area contributed by atoms with E-state index in [1.54, 1.807) is 30.3 Å². The summed E-state index contributed by atoms with van der Waals surface area (Å²) in [5.74, 6) is -0.208. The zero-order valence-corrected chi connectivity index (χ0v) is 18.3. The zero-order chi connectivity index (χ0) is 23.5. The molecule has 0 atom stereocenters. The van der Waals surface area contributed by atoms with Crippen LogP contribution in [0.4, 0.5) is 5.69 Å². The Morgan fingerprint density at radius 3 is 2.36 bits per heavy atom. The fraction of sp³-hybridized carbons (Fsp3) is 0.250. The summed E-state index contributed by atoms with van der Waals surface area (Å²) in [6.45, 7) is 0.688. The van der Waals surface area contributed by atoms with Gasteiger partial charge < -0.3 is 29.3 Å². The summed E-state index contributed by atoms with van der Waals surface area (Å²) in [4.78, 5) is 29.9. The number of carbonyl (C=O) groups is 2. The highest BCUT2D eigenvalue weighted by molar-refractivity contribution is 5.97. The lowest BCUT2D eigenvalue weighted by Gasteiger charge is -2.24. The van der Waals surface area contributed by atoms with Gasteiger partial charge in [-0.1, -0.05) is 0 Å². The van der Waals surface area contributed by atoms with Gasteiger partial charge in [0.1, 0.15) is 17.0 Å². The summed E-state index contributed by atoms with van der Waals surface area (Å²) in [5, 5.41) is 19.8. The number of methoxy groups -OCH3 is 2. The number of phenolic OH excluding ortho intramolecular Hbond substituents is 1. The van der Waals surface area contributed by atoms with E-state index in [4.69, 9.17) is 24.3 Å². The van der Waals surface area contributed by atoms with Crippen LogP contribution in [-0.2, 0) is 19.1 Å². The number of hydrogen-bond donors (Lipinski definition) is 2. The predicted molar refractivity (Wildman–Crippen MR) is 121 cm³/mol. The Bertz CT molecular complexity index is 1360. The molecule has 0 unspecified atom stereocenters. The summed E-state index contributed by atoms with van der Waals surface area (Å²) in [6, 6.07) is 11.8. The number of hydrogen-bond acceptors (Lipinski definition) is 9. The minimum atomic E-state index is -0.352. The minimum Gasteiger partial charge on any atom is -0.508 e. The van der Waals surface area contributed by atoms with Crippen molar-refractivity contribution in [3.05, 3.63) is 47.8 Å². The number of carbonyl (C=O) groups excluding carboxylic acids is 2. The van der Waals surface area contributed by atoms with Crippen molar-refractivity contribution < 1.29 is 28.6 Å². The first-order valence-corrected chi connectivity index (χ1v) is 10.3. The van der Waals surface area contributed by atoms with E-state index < -0.39 is 0 Å². The third-order valence-electron chi connectivity index (χ3n) is 5.45. The predicted octanol–water partition coefficient (Wildman–Crippen LogP) is 3.20. The third kappa shape index (κ3) is 4.57. The lowest BCUT2D eigenvalue weighted by Crippen LogP contribution is -2.29. The van der Waals surface area contributed by atoms with Crippen molar-refractivity contribution in [2.45, 2.75) is 12.8 Å². The molecule has 2 aromatic rings. The summed E-state index contributed by atoms with van der Waals surface area (Å²) in [6.07, 6.45) is 0.307.